The second-order valence-corrected chi connectivity index (χ2v) is 2.41. The summed E-state index contributed by atoms with van der Waals surface area (Å²) >= 11 is 0. The number of hydrogen-bond acceptors (Lipinski definition) is 5. The molecule has 0 aliphatic carbocycles. The number of anilines is 1. The van der Waals surface area contributed by atoms with Gasteiger partial charge in [0, 0.05) is 0 Å². The summed E-state index contributed by atoms with van der Waals surface area (Å²) in [5, 5.41) is 5.79. The summed E-state index contributed by atoms with van der Waals surface area (Å²) < 4.78 is 9.37. The highest BCUT2D eigenvalue weighted by atomic mass is 16.6. The van der Waals surface area contributed by atoms with E-state index in [1.54, 1.807) is 6.92 Å². The van der Waals surface area contributed by atoms with E-state index < -0.39 is 6.09 Å². The van der Waals surface area contributed by atoms with Crippen LogP contribution in [0.4, 0.5) is 10.8 Å². The number of amides is 1. The fourth-order valence-corrected chi connectivity index (χ4v) is 0.666. The molecule has 1 amide bonds. The predicted molar refractivity (Wildman–Crippen MR) is 44.3 cm³/mol. The van der Waals surface area contributed by atoms with Gasteiger partial charge in [-0.3, -0.25) is 0 Å². The van der Waals surface area contributed by atoms with Crippen molar-refractivity contribution in [3.8, 4) is 0 Å². The van der Waals surface area contributed by atoms with Crippen molar-refractivity contribution in [1.82, 2.24) is 10.1 Å². The topological polar surface area (TPSA) is 77.2 Å². The monoisotopic (exact) mass is 185 g/mol. The maximum Gasteiger partial charge on any atom is 0.415 e. The average Bonchev–Trinajstić information content (AvgIpc) is 2.48. The van der Waals surface area contributed by atoms with E-state index in [-0.39, 0.29) is 6.01 Å². The minimum atomic E-state index is -0.578. The molecule has 1 heterocycles. The summed E-state index contributed by atoms with van der Waals surface area (Å²) in [4.78, 5) is 14.7. The van der Waals surface area contributed by atoms with Crippen molar-refractivity contribution in [2.75, 3.05) is 11.9 Å². The Morgan fingerprint density at radius 3 is 3.00 bits per heavy atom. The van der Waals surface area contributed by atoms with E-state index in [1.165, 1.54) is 0 Å². The third-order valence-electron chi connectivity index (χ3n) is 1.17. The Morgan fingerprint density at radius 2 is 2.46 bits per heavy atom. The minimum Gasteiger partial charge on any atom is -0.449 e. The number of aromatic nitrogens is 2. The summed E-state index contributed by atoms with van der Waals surface area (Å²) in [6.07, 6.45) is 0.196. The third kappa shape index (κ3) is 3.10. The second kappa shape index (κ2) is 4.44. The lowest BCUT2D eigenvalue weighted by molar-refractivity contribution is 0.160. The highest BCUT2D eigenvalue weighted by Crippen LogP contribution is 2.02. The van der Waals surface area contributed by atoms with Crippen LogP contribution in [0.1, 0.15) is 19.2 Å². The van der Waals surface area contributed by atoms with Crippen molar-refractivity contribution in [3.05, 3.63) is 5.82 Å². The van der Waals surface area contributed by atoms with Gasteiger partial charge in [-0.05, 0) is 13.3 Å². The Balaban J connectivity index is 2.36. The van der Waals surface area contributed by atoms with Gasteiger partial charge in [0.05, 0.1) is 6.61 Å². The molecule has 1 aromatic heterocycles. The van der Waals surface area contributed by atoms with Crippen LogP contribution in [0.3, 0.4) is 0 Å². The van der Waals surface area contributed by atoms with Crippen molar-refractivity contribution >= 4 is 12.1 Å². The molecule has 0 saturated heterocycles. The van der Waals surface area contributed by atoms with Gasteiger partial charge in [0.2, 0.25) is 0 Å². The Hall–Kier alpha value is -1.59. The van der Waals surface area contributed by atoms with E-state index in [4.69, 9.17) is 4.74 Å². The van der Waals surface area contributed by atoms with Gasteiger partial charge in [0.25, 0.3) is 0 Å². The standard InChI is InChI=1S/C7H11N3O3/c1-3-4-12-7(11)9-6-8-5(2)10-13-6/h3-4H2,1-2H3,(H,8,9,10,11). The molecule has 6 nitrogen and oxygen atoms in total. The highest BCUT2D eigenvalue weighted by Gasteiger charge is 2.07. The zero-order valence-electron chi connectivity index (χ0n) is 7.53. The zero-order chi connectivity index (χ0) is 9.68. The van der Waals surface area contributed by atoms with Crippen molar-refractivity contribution in [3.63, 3.8) is 0 Å². The molecule has 0 radical (unpaired) electrons. The van der Waals surface area contributed by atoms with E-state index in [9.17, 15) is 4.79 Å². The Bertz CT molecular complexity index is 284. The first-order valence-corrected chi connectivity index (χ1v) is 3.96. The van der Waals surface area contributed by atoms with Crippen LogP contribution >= 0.6 is 0 Å². The van der Waals surface area contributed by atoms with Crippen LogP contribution in [0.15, 0.2) is 4.52 Å². The van der Waals surface area contributed by atoms with E-state index >= 15 is 0 Å². The Labute approximate surface area is 75.3 Å². The van der Waals surface area contributed by atoms with Crippen LogP contribution in [0.25, 0.3) is 0 Å². The van der Waals surface area contributed by atoms with Gasteiger partial charge in [-0.2, -0.15) is 4.98 Å². The normalized spacial score (nSPS) is 9.69. The molecular weight excluding hydrogens is 174 g/mol. The van der Waals surface area contributed by atoms with E-state index in [1.807, 2.05) is 6.92 Å². The first-order valence-electron chi connectivity index (χ1n) is 3.96. The van der Waals surface area contributed by atoms with Crippen molar-refractivity contribution in [2.24, 2.45) is 0 Å². The van der Waals surface area contributed by atoms with Crippen molar-refractivity contribution in [2.45, 2.75) is 20.3 Å². The molecule has 72 valence electrons. The average molecular weight is 185 g/mol. The zero-order valence-corrected chi connectivity index (χ0v) is 7.53. The first kappa shape index (κ1) is 9.50. The summed E-state index contributed by atoms with van der Waals surface area (Å²) in [5.41, 5.74) is 0. The number of ether oxygens (including phenoxy) is 1. The van der Waals surface area contributed by atoms with Gasteiger partial charge in [-0.1, -0.05) is 12.1 Å². The quantitative estimate of drug-likeness (QED) is 0.768. The van der Waals surface area contributed by atoms with Crippen LogP contribution in [0.5, 0.6) is 0 Å². The molecule has 0 aliphatic heterocycles. The molecule has 0 bridgehead atoms. The summed E-state index contributed by atoms with van der Waals surface area (Å²) in [7, 11) is 0. The molecule has 0 aromatic carbocycles. The molecule has 1 rings (SSSR count). The first-order chi connectivity index (χ1) is 6.22. The van der Waals surface area contributed by atoms with Crippen LogP contribution in [0.2, 0.25) is 0 Å². The second-order valence-electron chi connectivity index (χ2n) is 2.41. The molecule has 0 aliphatic rings. The number of nitrogens with zero attached hydrogens (tertiary/aromatic N) is 2. The molecule has 1 N–H and O–H groups in total. The van der Waals surface area contributed by atoms with Crippen LogP contribution < -0.4 is 5.32 Å². The van der Waals surface area contributed by atoms with E-state index in [2.05, 4.69) is 20.0 Å². The van der Waals surface area contributed by atoms with Gasteiger partial charge in [0.1, 0.15) is 0 Å². The number of carbonyl (C=O) groups is 1. The molecule has 0 saturated carbocycles. The molecule has 0 spiro atoms. The lowest BCUT2D eigenvalue weighted by Crippen LogP contribution is -2.14. The number of nitrogens with one attached hydrogen (secondary N) is 1. The van der Waals surface area contributed by atoms with Gasteiger partial charge in [0.15, 0.2) is 5.82 Å². The number of carbonyl (C=O) groups excluding carboxylic acids is 1. The predicted octanol–water partition coefficient (Wildman–Crippen LogP) is 1.34. The molecule has 0 fully saturated rings. The molecule has 6 heteroatoms. The van der Waals surface area contributed by atoms with Gasteiger partial charge >= 0.3 is 12.1 Å². The largest absolute Gasteiger partial charge is 0.449 e. The van der Waals surface area contributed by atoms with Crippen LogP contribution in [-0.4, -0.2) is 22.8 Å². The fraction of sp³-hybridized carbons (Fsp3) is 0.571. The molecule has 0 unspecified atom stereocenters. The lowest BCUT2D eigenvalue weighted by atomic mass is 10.5. The highest BCUT2D eigenvalue weighted by molar-refractivity contribution is 5.81. The maximum absolute atomic E-state index is 10.9. The summed E-state index contributed by atoms with van der Waals surface area (Å²) in [6, 6.07) is 0.0543. The Morgan fingerprint density at radius 1 is 1.69 bits per heavy atom. The number of hydrogen-bond donors (Lipinski definition) is 1. The van der Waals surface area contributed by atoms with Gasteiger partial charge in [-0.15, -0.1) is 0 Å². The molecule has 0 atom stereocenters. The molecule has 1 aromatic rings. The fourth-order valence-electron chi connectivity index (χ4n) is 0.666. The number of rotatable bonds is 3. The van der Waals surface area contributed by atoms with Crippen LogP contribution in [-0.2, 0) is 4.74 Å². The van der Waals surface area contributed by atoms with Crippen molar-refractivity contribution < 1.29 is 14.1 Å². The van der Waals surface area contributed by atoms with E-state index in [0.29, 0.717) is 12.4 Å². The third-order valence-corrected chi connectivity index (χ3v) is 1.17. The smallest absolute Gasteiger partial charge is 0.415 e. The van der Waals surface area contributed by atoms with Crippen molar-refractivity contribution in [1.29, 1.82) is 0 Å². The Kier molecular flexibility index (Phi) is 3.24. The maximum atomic E-state index is 10.9. The lowest BCUT2D eigenvalue weighted by Gasteiger charge is -2.00. The minimum absolute atomic E-state index is 0.0543. The number of aryl methyl sites for hydroxylation is 1. The van der Waals surface area contributed by atoms with Gasteiger partial charge < -0.3 is 9.26 Å². The SMILES string of the molecule is CCCOC(=O)Nc1nc(C)no1. The van der Waals surface area contributed by atoms with Gasteiger partial charge in [-0.25, -0.2) is 10.1 Å². The summed E-state index contributed by atoms with van der Waals surface area (Å²) in [6.45, 7) is 3.94. The molecule has 13 heavy (non-hydrogen) atoms. The molecular formula is C7H11N3O3. The summed E-state index contributed by atoms with van der Waals surface area (Å²) in [5.74, 6) is 0.464. The van der Waals surface area contributed by atoms with Crippen LogP contribution in [0, 0.1) is 6.92 Å². The van der Waals surface area contributed by atoms with E-state index in [0.717, 1.165) is 6.42 Å².